The fraction of sp³-hybridized carbons (Fsp3) is 0.0400. The van der Waals surface area contributed by atoms with Crippen LogP contribution in [0, 0.1) is 10.1 Å². The van der Waals surface area contributed by atoms with Gasteiger partial charge in [-0.1, -0.05) is 36.4 Å². The number of non-ortho nitro benzene ring substituents is 1. The lowest BCUT2D eigenvalue weighted by Crippen LogP contribution is -2.07. The SMILES string of the molecule is COc1ccc(Nc2nc(N/N=C\C=C\c3ccccc3)nc(Nc3ccc([N+](=O)[O-])cc3)n2)cc1. The molecule has 0 saturated carbocycles. The largest absolute Gasteiger partial charge is 0.497 e. The van der Waals surface area contributed by atoms with Crippen LogP contribution in [-0.4, -0.2) is 33.2 Å². The zero-order chi connectivity index (χ0) is 25.2. The Morgan fingerprint density at radius 2 is 1.42 bits per heavy atom. The van der Waals surface area contributed by atoms with Gasteiger partial charge >= 0.3 is 0 Å². The number of allylic oxidation sites excluding steroid dienone is 1. The second-order valence-electron chi connectivity index (χ2n) is 7.25. The van der Waals surface area contributed by atoms with E-state index in [1.165, 1.54) is 12.1 Å². The third-order valence-electron chi connectivity index (χ3n) is 4.73. The maximum Gasteiger partial charge on any atom is 0.269 e. The molecule has 0 aliphatic heterocycles. The summed E-state index contributed by atoms with van der Waals surface area (Å²) in [5, 5.41) is 21.2. The van der Waals surface area contributed by atoms with E-state index in [1.54, 1.807) is 31.5 Å². The molecule has 4 aromatic rings. The normalized spacial score (nSPS) is 10.9. The van der Waals surface area contributed by atoms with E-state index in [0.29, 0.717) is 5.69 Å². The third kappa shape index (κ3) is 6.84. The Morgan fingerprint density at radius 3 is 2.00 bits per heavy atom. The number of nitrogens with one attached hydrogen (secondary N) is 3. The first-order valence-corrected chi connectivity index (χ1v) is 10.8. The van der Waals surface area contributed by atoms with Crippen molar-refractivity contribution < 1.29 is 9.66 Å². The van der Waals surface area contributed by atoms with Crippen molar-refractivity contribution in [2.45, 2.75) is 0 Å². The molecular weight excluding hydrogens is 460 g/mol. The molecule has 0 bridgehead atoms. The van der Waals surface area contributed by atoms with Gasteiger partial charge in [0.25, 0.3) is 5.69 Å². The van der Waals surface area contributed by atoms with Crippen molar-refractivity contribution in [2.24, 2.45) is 5.10 Å². The molecule has 11 heteroatoms. The van der Waals surface area contributed by atoms with Crippen molar-refractivity contribution in [3.05, 3.63) is 101 Å². The lowest BCUT2D eigenvalue weighted by molar-refractivity contribution is -0.384. The monoisotopic (exact) mass is 482 g/mol. The van der Waals surface area contributed by atoms with Gasteiger partial charge < -0.3 is 15.4 Å². The number of nitro groups is 1. The van der Waals surface area contributed by atoms with Gasteiger partial charge in [-0.05, 0) is 48.0 Å². The molecule has 1 heterocycles. The van der Waals surface area contributed by atoms with E-state index in [9.17, 15) is 10.1 Å². The Kier molecular flexibility index (Phi) is 7.74. The quantitative estimate of drug-likeness (QED) is 0.154. The van der Waals surface area contributed by atoms with Gasteiger partial charge in [0.15, 0.2) is 0 Å². The first kappa shape index (κ1) is 23.8. The first-order chi connectivity index (χ1) is 17.6. The van der Waals surface area contributed by atoms with Crippen LogP contribution in [0.1, 0.15) is 5.56 Å². The Hall–Kier alpha value is -5.32. The van der Waals surface area contributed by atoms with Crippen LogP contribution < -0.4 is 20.8 Å². The number of rotatable bonds is 10. The summed E-state index contributed by atoms with van der Waals surface area (Å²) in [6.45, 7) is 0. The lowest BCUT2D eigenvalue weighted by Gasteiger charge is -2.10. The smallest absolute Gasteiger partial charge is 0.269 e. The number of ether oxygens (including phenoxy) is 1. The Balaban J connectivity index is 1.53. The average molecular weight is 483 g/mol. The van der Waals surface area contributed by atoms with Gasteiger partial charge in [-0.15, -0.1) is 0 Å². The summed E-state index contributed by atoms with van der Waals surface area (Å²) in [6.07, 6.45) is 5.28. The number of hydrazone groups is 1. The van der Waals surface area contributed by atoms with Gasteiger partial charge in [-0.25, -0.2) is 5.43 Å². The van der Waals surface area contributed by atoms with E-state index in [2.05, 4.69) is 36.1 Å². The zero-order valence-corrected chi connectivity index (χ0v) is 19.2. The highest BCUT2D eigenvalue weighted by Crippen LogP contribution is 2.22. The van der Waals surface area contributed by atoms with Crippen molar-refractivity contribution in [2.75, 3.05) is 23.2 Å². The van der Waals surface area contributed by atoms with Crippen LogP contribution in [0.25, 0.3) is 6.08 Å². The van der Waals surface area contributed by atoms with Crippen LogP contribution in [0.3, 0.4) is 0 Å². The van der Waals surface area contributed by atoms with E-state index in [1.807, 2.05) is 60.7 Å². The molecule has 3 aromatic carbocycles. The zero-order valence-electron chi connectivity index (χ0n) is 19.2. The predicted molar refractivity (Wildman–Crippen MR) is 140 cm³/mol. The Bertz CT molecular complexity index is 1360. The van der Waals surface area contributed by atoms with E-state index in [0.717, 1.165) is 17.0 Å². The van der Waals surface area contributed by atoms with Crippen LogP contribution in [0.2, 0.25) is 0 Å². The van der Waals surface area contributed by atoms with Crippen LogP contribution in [-0.2, 0) is 0 Å². The van der Waals surface area contributed by atoms with Crippen molar-refractivity contribution in [3.63, 3.8) is 0 Å². The van der Waals surface area contributed by atoms with Gasteiger partial charge in [0.2, 0.25) is 17.8 Å². The van der Waals surface area contributed by atoms with E-state index in [4.69, 9.17) is 4.74 Å². The van der Waals surface area contributed by atoms with Crippen molar-refractivity contribution in [1.29, 1.82) is 0 Å². The number of nitro benzene ring substituents is 1. The molecule has 4 rings (SSSR count). The summed E-state index contributed by atoms with van der Waals surface area (Å²) in [5.41, 5.74) is 5.13. The van der Waals surface area contributed by atoms with Crippen molar-refractivity contribution in [3.8, 4) is 5.75 Å². The molecule has 1 aromatic heterocycles. The summed E-state index contributed by atoms with van der Waals surface area (Å²) in [5.74, 6) is 1.39. The maximum atomic E-state index is 10.9. The molecule has 0 aliphatic carbocycles. The lowest BCUT2D eigenvalue weighted by atomic mass is 10.2. The standard InChI is InChI=1S/C25H22N8O3/c1-36-22-15-11-20(12-16-22)28-24-29-23(27-19-9-13-21(14-10-19)33(34)35)30-25(31-24)32-26-17-5-8-18-6-3-2-4-7-18/h2-17H,1H3,(H3,27,28,29,30,31,32)/b8-5+,26-17-. The first-order valence-electron chi connectivity index (χ1n) is 10.8. The number of hydrogen-bond donors (Lipinski definition) is 3. The molecule has 11 nitrogen and oxygen atoms in total. The molecule has 0 atom stereocenters. The van der Waals surface area contributed by atoms with Crippen molar-refractivity contribution in [1.82, 2.24) is 15.0 Å². The van der Waals surface area contributed by atoms with Crippen LogP contribution in [0.5, 0.6) is 5.75 Å². The third-order valence-corrected chi connectivity index (χ3v) is 4.73. The molecule has 3 N–H and O–H groups in total. The molecule has 0 unspecified atom stereocenters. The summed E-state index contributed by atoms with van der Waals surface area (Å²) in [4.78, 5) is 23.5. The number of nitrogens with zero attached hydrogens (tertiary/aromatic N) is 5. The average Bonchev–Trinajstić information content (AvgIpc) is 2.90. The van der Waals surface area contributed by atoms with Gasteiger partial charge in [0, 0.05) is 29.7 Å². The summed E-state index contributed by atoms with van der Waals surface area (Å²) < 4.78 is 5.19. The Labute approximate surface area is 206 Å². The van der Waals surface area contributed by atoms with Crippen LogP contribution in [0.15, 0.2) is 90.0 Å². The van der Waals surface area contributed by atoms with Gasteiger partial charge in [-0.2, -0.15) is 20.1 Å². The van der Waals surface area contributed by atoms with Gasteiger partial charge in [0.05, 0.1) is 12.0 Å². The topological polar surface area (TPSA) is 139 Å². The van der Waals surface area contributed by atoms with Crippen molar-refractivity contribution >= 4 is 47.2 Å². The number of methoxy groups -OCH3 is 1. The number of hydrogen-bond acceptors (Lipinski definition) is 10. The molecule has 36 heavy (non-hydrogen) atoms. The van der Waals surface area contributed by atoms with Gasteiger partial charge in [-0.3, -0.25) is 10.1 Å². The number of anilines is 5. The summed E-state index contributed by atoms with van der Waals surface area (Å²) in [7, 11) is 1.60. The molecule has 0 aliphatic rings. The van der Waals surface area contributed by atoms with Gasteiger partial charge in [0.1, 0.15) is 5.75 Å². The van der Waals surface area contributed by atoms with Crippen LogP contribution in [0.4, 0.5) is 34.9 Å². The van der Waals surface area contributed by atoms with Crippen LogP contribution >= 0.6 is 0 Å². The molecule has 180 valence electrons. The minimum atomic E-state index is -0.462. The fourth-order valence-corrected chi connectivity index (χ4v) is 2.99. The molecule has 0 spiro atoms. The highest BCUT2D eigenvalue weighted by Gasteiger charge is 2.09. The minimum Gasteiger partial charge on any atom is -0.497 e. The van der Waals surface area contributed by atoms with E-state index >= 15 is 0 Å². The summed E-state index contributed by atoms with van der Waals surface area (Å²) in [6, 6.07) is 23.0. The molecule has 0 radical (unpaired) electrons. The highest BCUT2D eigenvalue weighted by molar-refractivity contribution is 5.78. The number of aromatic nitrogens is 3. The second kappa shape index (κ2) is 11.7. The van der Waals surface area contributed by atoms with E-state index < -0.39 is 4.92 Å². The molecule has 0 saturated heterocycles. The fourth-order valence-electron chi connectivity index (χ4n) is 2.99. The Morgan fingerprint density at radius 1 is 0.833 bits per heavy atom. The number of benzene rings is 3. The molecule has 0 amide bonds. The molecule has 0 fully saturated rings. The predicted octanol–water partition coefficient (Wildman–Crippen LogP) is 5.39. The maximum absolute atomic E-state index is 10.9. The van der Waals surface area contributed by atoms with E-state index in [-0.39, 0.29) is 23.5 Å². The minimum absolute atomic E-state index is 0.0155. The molecular formula is C25H22N8O3. The highest BCUT2D eigenvalue weighted by atomic mass is 16.6. The second-order valence-corrected chi connectivity index (χ2v) is 7.25. The summed E-state index contributed by atoms with van der Waals surface area (Å²) >= 11 is 0.